The third-order valence-corrected chi connectivity index (χ3v) is 3.18. The minimum Gasteiger partial charge on any atom is -0.396 e. The van der Waals surface area contributed by atoms with E-state index in [4.69, 9.17) is 0 Å². The van der Waals surface area contributed by atoms with Crippen LogP contribution in [0.4, 0.5) is 0 Å². The van der Waals surface area contributed by atoms with Crippen molar-refractivity contribution < 1.29 is 10.2 Å². The number of aliphatic hydroxyl groups is 2. The van der Waals surface area contributed by atoms with Gasteiger partial charge in [0.15, 0.2) is 0 Å². The first kappa shape index (κ1) is 14.2. The molecule has 96 valence electrons. The predicted octanol–water partition coefficient (Wildman–Crippen LogP) is 1.35. The molecule has 1 aliphatic heterocycles. The van der Waals surface area contributed by atoms with Crippen LogP contribution in [0.25, 0.3) is 0 Å². The molecule has 0 aromatic heterocycles. The highest BCUT2D eigenvalue weighted by molar-refractivity contribution is 5.23. The summed E-state index contributed by atoms with van der Waals surface area (Å²) in [4.78, 5) is 2.25. The maximum atomic E-state index is 9.69. The van der Waals surface area contributed by atoms with Crippen LogP contribution >= 0.6 is 0 Å². The van der Waals surface area contributed by atoms with Gasteiger partial charge in [-0.2, -0.15) is 0 Å². The lowest BCUT2D eigenvalue weighted by Crippen LogP contribution is -2.45. The SMILES string of the molecule is C=C/C(=C\C=C/C)CN1CCC(O)C(CO)C1. The Labute approximate surface area is 104 Å². The zero-order valence-electron chi connectivity index (χ0n) is 10.5. The van der Waals surface area contributed by atoms with Crippen LogP contribution in [-0.2, 0) is 0 Å². The minimum absolute atomic E-state index is 0.0171. The lowest BCUT2D eigenvalue weighted by atomic mass is 9.95. The van der Waals surface area contributed by atoms with E-state index in [1.165, 1.54) is 0 Å². The Balaban J connectivity index is 2.53. The van der Waals surface area contributed by atoms with Gasteiger partial charge in [0.25, 0.3) is 0 Å². The van der Waals surface area contributed by atoms with Gasteiger partial charge in [-0.1, -0.05) is 30.9 Å². The second-order valence-corrected chi connectivity index (χ2v) is 4.51. The molecule has 1 rings (SSSR count). The number of aliphatic hydroxyl groups excluding tert-OH is 2. The summed E-state index contributed by atoms with van der Waals surface area (Å²) in [5.74, 6) is -0.0171. The number of hydrogen-bond acceptors (Lipinski definition) is 3. The van der Waals surface area contributed by atoms with Crippen molar-refractivity contribution in [2.45, 2.75) is 19.4 Å². The molecule has 17 heavy (non-hydrogen) atoms. The van der Waals surface area contributed by atoms with Crippen molar-refractivity contribution in [3.8, 4) is 0 Å². The molecule has 2 atom stereocenters. The van der Waals surface area contributed by atoms with E-state index >= 15 is 0 Å². The average Bonchev–Trinajstić information content (AvgIpc) is 2.36. The van der Waals surface area contributed by atoms with Gasteiger partial charge < -0.3 is 10.2 Å². The number of likely N-dealkylation sites (tertiary alicyclic amines) is 1. The zero-order chi connectivity index (χ0) is 12.7. The van der Waals surface area contributed by atoms with E-state index < -0.39 is 0 Å². The average molecular weight is 237 g/mol. The van der Waals surface area contributed by atoms with Crippen LogP contribution in [-0.4, -0.2) is 47.5 Å². The van der Waals surface area contributed by atoms with Gasteiger partial charge in [-0.15, -0.1) is 0 Å². The molecule has 1 fully saturated rings. The molecule has 1 aliphatic rings. The Kier molecular flexibility index (Phi) is 6.19. The summed E-state index contributed by atoms with van der Waals surface area (Å²) in [5.41, 5.74) is 1.16. The molecule has 0 saturated carbocycles. The van der Waals surface area contributed by atoms with Gasteiger partial charge in [0.05, 0.1) is 6.10 Å². The van der Waals surface area contributed by atoms with E-state index in [2.05, 4.69) is 11.5 Å². The van der Waals surface area contributed by atoms with Crippen LogP contribution < -0.4 is 0 Å². The van der Waals surface area contributed by atoms with E-state index in [0.717, 1.165) is 31.6 Å². The summed E-state index contributed by atoms with van der Waals surface area (Å²) in [6, 6.07) is 0. The second-order valence-electron chi connectivity index (χ2n) is 4.51. The summed E-state index contributed by atoms with van der Waals surface area (Å²) >= 11 is 0. The molecule has 2 unspecified atom stereocenters. The van der Waals surface area contributed by atoms with Crippen molar-refractivity contribution in [1.82, 2.24) is 4.90 Å². The highest BCUT2D eigenvalue weighted by Gasteiger charge is 2.26. The fourth-order valence-corrected chi connectivity index (χ4v) is 2.08. The molecular weight excluding hydrogens is 214 g/mol. The number of hydrogen-bond donors (Lipinski definition) is 2. The molecule has 1 saturated heterocycles. The van der Waals surface area contributed by atoms with Gasteiger partial charge in [-0.05, 0) is 18.9 Å². The molecule has 0 radical (unpaired) electrons. The van der Waals surface area contributed by atoms with Crippen LogP contribution in [0.5, 0.6) is 0 Å². The monoisotopic (exact) mass is 237 g/mol. The van der Waals surface area contributed by atoms with E-state index in [1.807, 2.05) is 31.2 Å². The molecular formula is C14H23NO2. The summed E-state index contributed by atoms with van der Waals surface area (Å²) in [6.45, 7) is 8.30. The topological polar surface area (TPSA) is 43.7 Å². The second kappa shape index (κ2) is 7.43. The highest BCUT2D eigenvalue weighted by Crippen LogP contribution is 2.17. The van der Waals surface area contributed by atoms with Gasteiger partial charge in [0.1, 0.15) is 0 Å². The first-order valence-corrected chi connectivity index (χ1v) is 6.16. The van der Waals surface area contributed by atoms with Crippen molar-refractivity contribution >= 4 is 0 Å². The van der Waals surface area contributed by atoms with Crippen LogP contribution in [0.2, 0.25) is 0 Å². The molecule has 0 aromatic carbocycles. The first-order chi connectivity index (χ1) is 8.21. The third-order valence-electron chi connectivity index (χ3n) is 3.18. The predicted molar refractivity (Wildman–Crippen MR) is 70.7 cm³/mol. The van der Waals surface area contributed by atoms with Crippen molar-refractivity contribution in [2.75, 3.05) is 26.2 Å². The molecule has 0 aliphatic carbocycles. The standard InChI is InChI=1S/C14H23NO2/c1-3-5-6-12(4-2)9-15-8-7-14(17)13(10-15)11-16/h3-6,13-14,16-17H,2,7-11H2,1H3/b5-3-,12-6+. The number of allylic oxidation sites excluding steroid dienone is 3. The van der Waals surface area contributed by atoms with Gasteiger partial charge in [-0.25, -0.2) is 0 Å². The summed E-state index contributed by atoms with van der Waals surface area (Å²) in [6.07, 6.45) is 8.27. The Bertz CT molecular complexity index is 297. The molecule has 0 bridgehead atoms. The maximum Gasteiger partial charge on any atom is 0.0614 e. The van der Waals surface area contributed by atoms with Crippen LogP contribution in [0.3, 0.4) is 0 Å². The van der Waals surface area contributed by atoms with Crippen LogP contribution in [0.15, 0.2) is 36.5 Å². The van der Waals surface area contributed by atoms with Crippen molar-refractivity contribution in [3.05, 3.63) is 36.5 Å². The van der Waals surface area contributed by atoms with Gasteiger partial charge in [0.2, 0.25) is 0 Å². The number of nitrogens with zero attached hydrogens (tertiary/aromatic N) is 1. The highest BCUT2D eigenvalue weighted by atomic mass is 16.3. The molecule has 3 nitrogen and oxygen atoms in total. The Morgan fingerprint density at radius 3 is 2.88 bits per heavy atom. The van der Waals surface area contributed by atoms with Crippen molar-refractivity contribution in [2.24, 2.45) is 5.92 Å². The first-order valence-electron chi connectivity index (χ1n) is 6.16. The lowest BCUT2D eigenvalue weighted by Gasteiger charge is -2.35. The third kappa shape index (κ3) is 4.46. The zero-order valence-corrected chi connectivity index (χ0v) is 10.5. The van der Waals surface area contributed by atoms with E-state index in [9.17, 15) is 10.2 Å². The minimum atomic E-state index is -0.358. The molecule has 1 heterocycles. The Morgan fingerprint density at radius 2 is 2.29 bits per heavy atom. The lowest BCUT2D eigenvalue weighted by molar-refractivity contribution is 0.00355. The summed E-state index contributed by atoms with van der Waals surface area (Å²) in [7, 11) is 0. The molecule has 0 spiro atoms. The van der Waals surface area contributed by atoms with Crippen LogP contribution in [0, 0.1) is 5.92 Å². The van der Waals surface area contributed by atoms with E-state index in [-0.39, 0.29) is 18.6 Å². The van der Waals surface area contributed by atoms with Gasteiger partial charge in [-0.3, -0.25) is 4.90 Å². The van der Waals surface area contributed by atoms with E-state index in [1.54, 1.807) is 0 Å². The maximum absolute atomic E-state index is 9.69. The normalized spacial score (nSPS) is 27.6. The molecule has 0 aromatic rings. The largest absolute Gasteiger partial charge is 0.396 e. The fraction of sp³-hybridized carbons (Fsp3) is 0.571. The van der Waals surface area contributed by atoms with E-state index in [0.29, 0.717) is 0 Å². The van der Waals surface area contributed by atoms with Crippen LogP contribution in [0.1, 0.15) is 13.3 Å². The molecule has 3 heteroatoms. The summed E-state index contributed by atoms with van der Waals surface area (Å²) < 4.78 is 0. The van der Waals surface area contributed by atoms with Gasteiger partial charge >= 0.3 is 0 Å². The smallest absolute Gasteiger partial charge is 0.0614 e. The number of piperidine rings is 1. The van der Waals surface area contributed by atoms with Crippen molar-refractivity contribution in [3.63, 3.8) is 0 Å². The summed E-state index contributed by atoms with van der Waals surface area (Å²) in [5, 5.41) is 18.9. The van der Waals surface area contributed by atoms with Crippen molar-refractivity contribution in [1.29, 1.82) is 0 Å². The van der Waals surface area contributed by atoms with Gasteiger partial charge in [0, 0.05) is 32.2 Å². The fourth-order valence-electron chi connectivity index (χ4n) is 2.08. The Morgan fingerprint density at radius 1 is 1.53 bits per heavy atom. The molecule has 2 N–H and O–H groups in total. The Hall–Kier alpha value is -0.900. The number of rotatable bonds is 5. The molecule has 0 amide bonds. The quantitative estimate of drug-likeness (QED) is 0.709.